The Morgan fingerprint density at radius 3 is 2.27 bits per heavy atom. The number of hydrogen-bond acceptors (Lipinski definition) is 6. The van der Waals surface area contributed by atoms with Crippen molar-refractivity contribution in [1.82, 2.24) is 14.3 Å². The van der Waals surface area contributed by atoms with Crippen LogP contribution in [0, 0.1) is 0 Å². The van der Waals surface area contributed by atoms with Crippen LogP contribution < -0.4 is 15.8 Å². The first-order valence-electron chi connectivity index (χ1n) is 10.9. The van der Waals surface area contributed by atoms with E-state index in [-0.39, 0.29) is 10.5 Å². The van der Waals surface area contributed by atoms with Crippen LogP contribution >= 0.6 is 0 Å². The van der Waals surface area contributed by atoms with Crippen LogP contribution in [-0.2, 0) is 10.0 Å². The number of benzene rings is 1. The molecule has 0 spiro atoms. The molecule has 1 aromatic carbocycles. The van der Waals surface area contributed by atoms with Gasteiger partial charge in [0.2, 0.25) is 15.6 Å². The molecule has 0 fully saturated rings. The molecule has 10 heteroatoms. The lowest BCUT2D eigenvalue weighted by atomic mass is 10.1. The van der Waals surface area contributed by atoms with Gasteiger partial charge in [0.15, 0.2) is 0 Å². The number of aromatic nitrogens is 2. The Labute approximate surface area is 193 Å². The summed E-state index contributed by atoms with van der Waals surface area (Å²) in [6.45, 7) is 9.87. The maximum Gasteiger partial charge on any atom is 0.256 e. The van der Waals surface area contributed by atoms with Crippen molar-refractivity contribution in [3.8, 4) is 0 Å². The zero-order valence-electron chi connectivity index (χ0n) is 19.3. The van der Waals surface area contributed by atoms with Gasteiger partial charge in [0.1, 0.15) is 5.82 Å². The van der Waals surface area contributed by atoms with E-state index in [0.717, 1.165) is 18.9 Å². The van der Waals surface area contributed by atoms with Gasteiger partial charge in [0, 0.05) is 43.1 Å². The lowest BCUT2D eigenvalue weighted by Crippen LogP contribution is -2.30. The SMILES string of the molecule is CCN(CC)c1ccc(NC(=O)c2cc(=O)[nH]c3ccc(S(=O)(=O)N(CC)CC)cc23)cn1. The van der Waals surface area contributed by atoms with E-state index in [2.05, 4.69) is 20.2 Å². The van der Waals surface area contributed by atoms with Gasteiger partial charge in [0.25, 0.3) is 5.91 Å². The Morgan fingerprint density at radius 2 is 1.70 bits per heavy atom. The molecule has 33 heavy (non-hydrogen) atoms. The summed E-state index contributed by atoms with van der Waals surface area (Å²) in [5.41, 5.74) is 0.470. The molecule has 3 rings (SSSR count). The number of anilines is 2. The van der Waals surface area contributed by atoms with Crippen molar-refractivity contribution in [2.45, 2.75) is 32.6 Å². The fourth-order valence-electron chi connectivity index (χ4n) is 3.69. The third kappa shape index (κ3) is 5.07. The highest BCUT2D eigenvalue weighted by Crippen LogP contribution is 2.24. The molecule has 0 bridgehead atoms. The lowest BCUT2D eigenvalue weighted by molar-refractivity contribution is 0.102. The van der Waals surface area contributed by atoms with Crippen molar-refractivity contribution in [3.05, 3.63) is 58.5 Å². The Kier molecular flexibility index (Phi) is 7.50. The molecule has 0 radical (unpaired) electrons. The topological polar surface area (TPSA) is 115 Å². The fourth-order valence-corrected chi connectivity index (χ4v) is 5.17. The standard InChI is InChI=1S/C23H29N5O4S/c1-5-27(6-2)21-12-9-16(15-24-21)25-23(30)19-14-22(29)26-20-11-10-17(13-18(19)20)33(31,32)28(7-3)8-4/h9-15H,5-8H2,1-4H3,(H,25,30)(H,26,29). The van der Waals surface area contributed by atoms with E-state index in [4.69, 9.17) is 0 Å². The minimum atomic E-state index is -3.73. The number of rotatable bonds is 9. The van der Waals surface area contributed by atoms with Crippen molar-refractivity contribution in [1.29, 1.82) is 0 Å². The number of aromatic amines is 1. The highest BCUT2D eigenvalue weighted by molar-refractivity contribution is 7.89. The van der Waals surface area contributed by atoms with Crippen LogP contribution in [0.25, 0.3) is 10.9 Å². The van der Waals surface area contributed by atoms with Gasteiger partial charge in [-0.2, -0.15) is 4.31 Å². The van der Waals surface area contributed by atoms with E-state index in [1.54, 1.807) is 26.1 Å². The highest BCUT2D eigenvalue weighted by Gasteiger charge is 2.23. The Balaban J connectivity index is 1.99. The number of nitrogens with zero attached hydrogens (tertiary/aromatic N) is 3. The predicted molar refractivity (Wildman–Crippen MR) is 130 cm³/mol. The summed E-state index contributed by atoms with van der Waals surface area (Å²) in [6, 6.07) is 9.09. The molecule has 0 saturated carbocycles. The van der Waals surface area contributed by atoms with Gasteiger partial charge in [-0.25, -0.2) is 13.4 Å². The normalized spacial score (nSPS) is 11.7. The summed E-state index contributed by atoms with van der Waals surface area (Å²) in [5, 5.41) is 3.09. The Hall–Kier alpha value is -3.24. The van der Waals surface area contributed by atoms with E-state index < -0.39 is 21.5 Å². The van der Waals surface area contributed by atoms with Crippen LogP contribution in [0.2, 0.25) is 0 Å². The van der Waals surface area contributed by atoms with Crippen LogP contribution in [0.1, 0.15) is 38.1 Å². The number of carbonyl (C=O) groups excluding carboxylic acids is 1. The molecule has 0 saturated heterocycles. The molecule has 0 aliphatic carbocycles. The second-order valence-corrected chi connectivity index (χ2v) is 9.31. The third-order valence-electron chi connectivity index (χ3n) is 5.50. The van der Waals surface area contributed by atoms with Crippen molar-refractivity contribution in [2.75, 3.05) is 36.4 Å². The molecule has 2 heterocycles. The van der Waals surface area contributed by atoms with E-state index in [1.807, 2.05) is 19.9 Å². The number of hydrogen-bond donors (Lipinski definition) is 2. The molecule has 0 atom stereocenters. The number of fused-ring (bicyclic) bond motifs is 1. The summed E-state index contributed by atoms with van der Waals surface area (Å²) < 4.78 is 27.2. The monoisotopic (exact) mass is 471 g/mol. The van der Waals surface area contributed by atoms with Gasteiger partial charge in [-0.15, -0.1) is 0 Å². The molecule has 1 amide bonds. The zero-order chi connectivity index (χ0) is 24.2. The van der Waals surface area contributed by atoms with Gasteiger partial charge in [-0.3, -0.25) is 9.59 Å². The molecular weight excluding hydrogens is 442 g/mol. The first-order valence-corrected chi connectivity index (χ1v) is 12.4. The van der Waals surface area contributed by atoms with Gasteiger partial charge in [0.05, 0.1) is 22.3 Å². The van der Waals surface area contributed by atoms with Gasteiger partial charge >= 0.3 is 0 Å². The van der Waals surface area contributed by atoms with Crippen molar-refractivity contribution >= 4 is 38.3 Å². The van der Waals surface area contributed by atoms with Gasteiger partial charge in [-0.1, -0.05) is 13.8 Å². The summed E-state index contributed by atoms with van der Waals surface area (Å²) in [5.74, 6) is 0.270. The number of carbonyl (C=O) groups is 1. The Morgan fingerprint density at radius 1 is 1.00 bits per heavy atom. The smallest absolute Gasteiger partial charge is 0.256 e. The molecule has 176 valence electrons. The van der Waals surface area contributed by atoms with Gasteiger partial charge < -0.3 is 15.2 Å². The number of sulfonamides is 1. The molecule has 3 aromatic rings. The first-order chi connectivity index (χ1) is 15.7. The molecule has 2 aromatic heterocycles. The quantitative estimate of drug-likeness (QED) is 0.496. The number of amides is 1. The second-order valence-electron chi connectivity index (χ2n) is 7.38. The minimum Gasteiger partial charge on any atom is -0.357 e. The molecule has 9 nitrogen and oxygen atoms in total. The molecule has 0 unspecified atom stereocenters. The third-order valence-corrected chi connectivity index (χ3v) is 7.54. The van der Waals surface area contributed by atoms with Crippen LogP contribution in [-0.4, -0.2) is 54.8 Å². The molecule has 0 aliphatic heterocycles. The van der Waals surface area contributed by atoms with Gasteiger partial charge in [-0.05, 0) is 44.2 Å². The largest absolute Gasteiger partial charge is 0.357 e. The van der Waals surface area contributed by atoms with Crippen molar-refractivity contribution in [2.24, 2.45) is 0 Å². The second kappa shape index (κ2) is 10.1. The maximum atomic E-state index is 13.1. The van der Waals surface area contributed by atoms with Crippen molar-refractivity contribution in [3.63, 3.8) is 0 Å². The lowest BCUT2D eigenvalue weighted by Gasteiger charge is -2.19. The van der Waals surface area contributed by atoms with E-state index >= 15 is 0 Å². The molecule has 2 N–H and O–H groups in total. The average molecular weight is 472 g/mol. The summed E-state index contributed by atoms with van der Waals surface area (Å²) in [4.78, 5) is 34.4. The predicted octanol–water partition coefficient (Wildman–Crippen LogP) is 3.05. The zero-order valence-corrected chi connectivity index (χ0v) is 20.1. The summed E-state index contributed by atoms with van der Waals surface area (Å²) >= 11 is 0. The highest BCUT2D eigenvalue weighted by atomic mass is 32.2. The summed E-state index contributed by atoms with van der Waals surface area (Å²) in [6.07, 6.45) is 1.55. The first kappa shape index (κ1) is 24.4. The number of pyridine rings is 2. The van der Waals surface area contributed by atoms with Crippen LogP contribution in [0.15, 0.2) is 52.3 Å². The van der Waals surface area contributed by atoms with Crippen LogP contribution in [0.3, 0.4) is 0 Å². The molecular formula is C23H29N5O4S. The van der Waals surface area contributed by atoms with E-state index in [0.29, 0.717) is 29.7 Å². The Bertz CT molecular complexity index is 1290. The average Bonchev–Trinajstić information content (AvgIpc) is 2.80. The summed E-state index contributed by atoms with van der Waals surface area (Å²) in [7, 11) is -3.73. The fraction of sp³-hybridized carbons (Fsp3) is 0.348. The van der Waals surface area contributed by atoms with E-state index in [1.165, 1.54) is 28.6 Å². The van der Waals surface area contributed by atoms with Crippen molar-refractivity contribution < 1.29 is 13.2 Å². The maximum absolute atomic E-state index is 13.1. The minimum absolute atomic E-state index is 0.0602. The van der Waals surface area contributed by atoms with Crippen LogP contribution in [0.4, 0.5) is 11.5 Å². The number of nitrogens with one attached hydrogen (secondary N) is 2. The number of H-pyrrole nitrogens is 1. The molecule has 0 aliphatic rings. The van der Waals surface area contributed by atoms with E-state index in [9.17, 15) is 18.0 Å². The van der Waals surface area contributed by atoms with Crippen LogP contribution in [0.5, 0.6) is 0 Å².